The van der Waals surface area contributed by atoms with Gasteiger partial charge in [0, 0.05) is 12.0 Å². The predicted molar refractivity (Wildman–Crippen MR) is 112 cm³/mol. The molecule has 0 radical (unpaired) electrons. The van der Waals surface area contributed by atoms with Crippen LogP contribution in [-0.4, -0.2) is 11.4 Å². The molecule has 0 saturated heterocycles. The first kappa shape index (κ1) is 24.2. The van der Waals surface area contributed by atoms with E-state index in [2.05, 4.69) is 45.2 Å². The van der Waals surface area contributed by atoms with Gasteiger partial charge in [0.25, 0.3) is 0 Å². The summed E-state index contributed by atoms with van der Waals surface area (Å²) < 4.78 is 0. The van der Waals surface area contributed by atoms with E-state index in [0.717, 1.165) is 12.8 Å². The fourth-order valence-corrected chi connectivity index (χ4v) is 2.88. The Balaban J connectivity index is 3.30. The van der Waals surface area contributed by atoms with Crippen molar-refractivity contribution in [3.63, 3.8) is 0 Å². The van der Waals surface area contributed by atoms with Crippen LogP contribution in [0, 0.1) is 0 Å². The molecule has 0 bridgehead atoms. The monoisotopic (exact) mass is 351 g/mol. The lowest BCUT2D eigenvalue weighted by Crippen LogP contribution is -2.42. The Hall–Kier alpha value is -0.790. The highest BCUT2D eigenvalue weighted by atomic mass is 16.1. The van der Waals surface area contributed by atoms with Crippen LogP contribution in [0.1, 0.15) is 124 Å². The minimum absolute atomic E-state index is 0.0566. The van der Waals surface area contributed by atoms with E-state index in [-0.39, 0.29) is 11.4 Å². The van der Waals surface area contributed by atoms with E-state index >= 15 is 0 Å². The van der Waals surface area contributed by atoms with Gasteiger partial charge in [0.1, 0.15) is 0 Å². The van der Waals surface area contributed by atoms with Crippen molar-refractivity contribution in [3.05, 3.63) is 12.2 Å². The van der Waals surface area contributed by atoms with Gasteiger partial charge in [-0.2, -0.15) is 0 Å². The van der Waals surface area contributed by atoms with Crippen LogP contribution in [0.5, 0.6) is 0 Å². The Bertz CT molecular complexity index is 333. The Morgan fingerprint density at radius 2 is 1.24 bits per heavy atom. The van der Waals surface area contributed by atoms with E-state index in [9.17, 15) is 4.79 Å². The van der Waals surface area contributed by atoms with Gasteiger partial charge in [0.05, 0.1) is 0 Å². The number of carbonyl (C=O) groups excluding carboxylic acids is 1. The lowest BCUT2D eigenvalue weighted by atomic mass is 10.0. The molecule has 0 aliphatic heterocycles. The Morgan fingerprint density at radius 1 is 0.760 bits per heavy atom. The molecule has 1 N–H and O–H groups in total. The smallest absolute Gasteiger partial charge is 0.220 e. The van der Waals surface area contributed by atoms with Gasteiger partial charge in [-0.25, -0.2) is 0 Å². The zero-order chi connectivity index (χ0) is 18.8. The molecule has 0 unspecified atom stereocenters. The van der Waals surface area contributed by atoms with Gasteiger partial charge in [-0.15, -0.1) is 0 Å². The first-order valence-electron chi connectivity index (χ1n) is 11.0. The lowest BCUT2D eigenvalue weighted by Gasteiger charge is -2.24. The van der Waals surface area contributed by atoms with E-state index < -0.39 is 0 Å². The molecule has 0 saturated carbocycles. The summed E-state index contributed by atoms with van der Waals surface area (Å²) in [4.78, 5) is 11.8. The summed E-state index contributed by atoms with van der Waals surface area (Å²) >= 11 is 0. The van der Waals surface area contributed by atoms with E-state index in [0.29, 0.717) is 6.42 Å². The average Bonchev–Trinajstić information content (AvgIpc) is 2.58. The highest BCUT2D eigenvalue weighted by Crippen LogP contribution is 2.11. The standard InChI is InChI=1S/C23H45NO/c1-5-7-8-9-10-11-12-13-14-15-16-17-18-19-20-21-22(25)24-23(3,4)6-2/h13-14H,5-12,15-21H2,1-4H3,(H,24,25)/b14-13+. The molecule has 0 fully saturated rings. The molecule has 0 aromatic carbocycles. The van der Waals surface area contributed by atoms with Gasteiger partial charge in [0.2, 0.25) is 5.91 Å². The molecule has 0 spiro atoms. The maximum Gasteiger partial charge on any atom is 0.220 e. The normalized spacial score (nSPS) is 12.0. The zero-order valence-electron chi connectivity index (χ0n) is 17.7. The average molecular weight is 352 g/mol. The molecule has 0 rings (SSSR count). The third-order valence-corrected chi connectivity index (χ3v) is 5.03. The highest BCUT2D eigenvalue weighted by Gasteiger charge is 2.16. The van der Waals surface area contributed by atoms with Gasteiger partial charge in [-0.3, -0.25) is 4.79 Å². The molecular formula is C23H45NO. The molecule has 0 heterocycles. The predicted octanol–water partition coefficient (Wildman–Crippen LogP) is 7.33. The Kier molecular flexibility index (Phi) is 16.1. The summed E-state index contributed by atoms with van der Waals surface area (Å²) in [6.07, 6.45) is 23.3. The second kappa shape index (κ2) is 16.7. The molecule has 148 valence electrons. The quantitative estimate of drug-likeness (QED) is 0.216. The molecule has 2 heteroatoms. The summed E-state index contributed by atoms with van der Waals surface area (Å²) in [5, 5.41) is 3.11. The number of unbranched alkanes of at least 4 members (excludes halogenated alkanes) is 11. The van der Waals surface area contributed by atoms with Crippen LogP contribution in [0.25, 0.3) is 0 Å². The molecule has 0 aromatic rings. The van der Waals surface area contributed by atoms with Crippen LogP contribution in [0.4, 0.5) is 0 Å². The molecule has 2 nitrogen and oxygen atoms in total. The summed E-state index contributed by atoms with van der Waals surface area (Å²) in [7, 11) is 0. The van der Waals surface area contributed by atoms with Crippen molar-refractivity contribution in [1.82, 2.24) is 5.32 Å². The maximum absolute atomic E-state index is 11.8. The largest absolute Gasteiger partial charge is 0.351 e. The number of carbonyl (C=O) groups is 1. The van der Waals surface area contributed by atoms with Crippen LogP contribution in [0.2, 0.25) is 0 Å². The second-order valence-electron chi connectivity index (χ2n) is 8.12. The summed E-state index contributed by atoms with van der Waals surface area (Å²) in [5.74, 6) is 0.212. The van der Waals surface area contributed by atoms with Crippen molar-refractivity contribution < 1.29 is 4.79 Å². The van der Waals surface area contributed by atoms with E-state index in [4.69, 9.17) is 0 Å². The third-order valence-electron chi connectivity index (χ3n) is 5.03. The topological polar surface area (TPSA) is 29.1 Å². The van der Waals surface area contributed by atoms with E-state index in [1.807, 2.05) is 0 Å². The number of rotatable bonds is 17. The minimum atomic E-state index is -0.0566. The van der Waals surface area contributed by atoms with Crippen LogP contribution >= 0.6 is 0 Å². The molecule has 0 aliphatic carbocycles. The fourth-order valence-electron chi connectivity index (χ4n) is 2.88. The maximum atomic E-state index is 11.8. The summed E-state index contributed by atoms with van der Waals surface area (Å²) in [6.45, 7) is 8.56. The number of allylic oxidation sites excluding steroid dienone is 2. The molecule has 0 aliphatic rings. The second-order valence-corrected chi connectivity index (χ2v) is 8.12. The number of nitrogens with one attached hydrogen (secondary N) is 1. The first-order chi connectivity index (χ1) is 12.0. The van der Waals surface area contributed by atoms with Crippen molar-refractivity contribution in [3.8, 4) is 0 Å². The van der Waals surface area contributed by atoms with Crippen LogP contribution in [0.15, 0.2) is 12.2 Å². The fraction of sp³-hybridized carbons (Fsp3) is 0.870. The van der Waals surface area contributed by atoms with Crippen molar-refractivity contribution in [2.45, 2.75) is 130 Å². The third kappa shape index (κ3) is 17.8. The van der Waals surface area contributed by atoms with Crippen LogP contribution < -0.4 is 5.32 Å². The van der Waals surface area contributed by atoms with Crippen molar-refractivity contribution >= 4 is 5.91 Å². The lowest BCUT2D eigenvalue weighted by molar-refractivity contribution is -0.122. The molecule has 1 amide bonds. The SMILES string of the molecule is CCCCCCCC/C=C/CCCCCCCC(=O)NC(C)(C)CC. The Morgan fingerprint density at radius 3 is 1.76 bits per heavy atom. The van der Waals surface area contributed by atoms with Crippen molar-refractivity contribution in [2.24, 2.45) is 0 Å². The number of amides is 1. The molecule has 25 heavy (non-hydrogen) atoms. The molecular weight excluding hydrogens is 306 g/mol. The van der Waals surface area contributed by atoms with Gasteiger partial charge >= 0.3 is 0 Å². The zero-order valence-corrected chi connectivity index (χ0v) is 17.7. The summed E-state index contributed by atoms with van der Waals surface area (Å²) in [5.41, 5.74) is -0.0566. The van der Waals surface area contributed by atoms with Crippen molar-refractivity contribution in [2.75, 3.05) is 0 Å². The van der Waals surface area contributed by atoms with Gasteiger partial charge in [0.15, 0.2) is 0 Å². The molecule has 0 atom stereocenters. The van der Waals surface area contributed by atoms with E-state index in [1.54, 1.807) is 0 Å². The van der Waals surface area contributed by atoms with Gasteiger partial charge in [-0.1, -0.05) is 77.4 Å². The van der Waals surface area contributed by atoms with E-state index in [1.165, 1.54) is 77.0 Å². The van der Waals surface area contributed by atoms with Crippen LogP contribution in [-0.2, 0) is 4.79 Å². The number of hydrogen-bond acceptors (Lipinski definition) is 1. The first-order valence-corrected chi connectivity index (χ1v) is 11.0. The minimum Gasteiger partial charge on any atom is -0.351 e. The van der Waals surface area contributed by atoms with Gasteiger partial charge in [-0.05, 0) is 52.4 Å². The summed E-state index contributed by atoms with van der Waals surface area (Å²) in [6, 6.07) is 0. The van der Waals surface area contributed by atoms with Crippen LogP contribution in [0.3, 0.4) is 0 Å². The highest BCUT2D eigenvalue weighted by molar-refractivity contribution is 5.76. The molecule has 0 aromatic heterocycles. The number of hydrogen-bond donors (Lipinski definition) is 1. The van der Waals surface area contributed by atoms with Crippen molar-refractivity contribution in [1.29, 1.82) is 0 Å². The Labute approximate surface area is 158 Å². The van der Waals surface area contributed by atoms with Gasteiger partial charge < -0.3 is 5.32 Å².